The number of ether oxygens (including phenoxy) is 1. The third-order valence-electron chi connectivity index (χ3n) is 1.98. The Hall–Kier alpha value is -0.990. The van der Waals surface area contributed by atoms with Crippen molar-refractivity contribution in [1.29, 1.82) is 0 Å². The highest BCUT2D eigenvalue weighted by molar-refractivity contribution is 7.99. The van der Waals surface area contributed by atoms with Gasteiger partial charge in [-0.25, -0.2) is 4.79 Å². The van der Waals surface area contributed by atoms with Crippen LogP contribution in [-0.2, 0) is 20.4 Å². The molecular formula is C11H17NO2S. The highest BCUT2D eigenvalue weighted by atomic mass is 32.2. The molecule has 0 bridgehead atoms. The average molecular weight is 227 g/mol. The molecule has 3 nitrogen and oxygen atoms in total. The SMILES string of the molecule is CC[S+](/C=C(/C)C(=C=[N-])C(=O)OC)CC. The van der Waals surface area contributed by atoms with Gasteiger partial charge < -0.3 is 10.1 Å². The van der Waals surface area contributed by atoms with Crippen LogP contribution in [0.15, 0.2) is 16.6 Å². The van der Waals surface area contributed by atoms with Gasteiger partial charge >= 0.3 is 5.97 Å². The van der Waals surface area contributed by atoms with Crippen LogP contribution < -0.4 is 0 Å². The van der Waals surface area contributed by atoms with Crippen LogP contribution in [0.2, 0.25) is 0 Å². The molecule has 15 heavy (non-hydrogen) atoms. The Balaban J connectivity index is 4.88. The summed E-state index contributed by atoms with van der Waals surface area (Å²) in [6, 6.07) is 0. The largest absolute Gasteiger partial charge is 0.763 e. The first kappa shape index (κ1) is 14.0. The van der Waals surface area contributed by atoms with Crippen molar-refractivity contribution in [3.8, 4) is 0 Å². The lowest BCUT2D eigenvalue weighted by Gasteiger charge is -2.04. The van der Waals surface area contributed by atoms with Crippen LogP contribution in [0.3, 0.4) is 0 Å². The zero-order valence-corrected chi connectivity index (χ0v) is 10.5. The van der Waals surface area contributed by atoms with Gasteiger partial charge in [0.05, 0.1) is 12.7 Å². The summed E-state index contributed by atoms with van der Waals surface area (Å²) in [5, 5.41) is 10.8. The van der Waals surface area contributed by atoms with Crippen molar-refractivity contribution < 1.29 is 9.53 Å². The lowest BCUT2D eigenvalue weighted by molar-refractivity contribution is -0.135. The predicted octanol–water partition coefficient (Wildman–Crippen LogP) is 1.89. The molecule has 0 unspecified atom stereocenters. The first-order valence-corrected chi connectivity index (χ1v) is 6.43. The smallest absolute Gasteiger partial charge is 0.344 e. The maximum absolute atomic E-state index is 11.2. The van der Waals surface area contributed by atoms with Gasteiger partial charge in [-0.3, -0.25) is 5.87 Å². The molecule has 0 aliphatic carbocycles. The summed E-state index contributed by atoms with van der Waals surface area (Å²) in [5.41, 5.74) is 0.827. The quantitative estimate of drug-likeness (QED) is 0.237. The fraction of sp³-hybridized carbons (Fsp3) is 0.545. The molecular weight excluding hydrogens is 210 g/mol. The second-order valence-corrected chi connectivity index (χ2v) is 5.36. The predicted molar refractivity (Wildman–Crippen MR) is 66.1 cm³/mol. The van der Waals surface area contributed by atoms with Crippen molar-refractivity contribution >= 4 is 22.7 Å². The molecule has 0 aliphatic heterocycles. The Morgan fingerprint density at radius 3 is 2.33 bits per heavy atom. The third kappa shape index (κ3) is 4.36. The Bertz CT molecular complexity index is 300. The molecule has 0 aromatic heterocycles. The topological polar surface area (TPSA) is 48.6 Å². The van der Waals surface area contributed by atoms with E-state index < -0.39 is 5.97 Å². The number of carbonyl (C=O) groups excluding carboxylic acids is 1. The van der Waals surface area contributed by atoms with Crippen molar-refractivity contribution in [1.82, 2.24) is 0 Å². The molecule has 0 aromatic rings. The van der Waals surface area contributed by atoms with Crippen LogP contribution in [0.1, 0.15) is 20.8 Å². The molecule has 0 N–H and O–H groups in total. The van der Waals surface area contributed by atoms with Crippen LogP contribution in [0.5, 0.6) is 0 Å². The maximum atomic E-state index is 11.2. The van der Waals surface area contributed by atoms with Gasteiger partial charge in [-0.15, -0.1) is 0 Å². The van der Waals surface area contributed by atoms with Gasteiger partial charge in [-0.1, -0.05) is 0 Å². The van der Waals surface area contributed by atoms with E-state index in [9.17, 15) is 4.79 Å². The summed E-state index contributed by atoms with van der Waals surface area (Å²) in [6.45, 7) is 5.97. The molecule has 0 spiro atoms. The van der Waals surface area contributed by atoms with Crippen LogP contribution >= 0.6 is 0 Å². The lowest BCUT2D eigenvalue weighted by atomic mass is 10.1. The van der Waals surface area contributed by atoms with Gasteiger partial charge in [0.15, 0.2) is 0 Å². The van der Waals surface area contributed by atoms with E-state index in [2.05, 4.69) is 18.6 Å². The molecule has 0 aliphatic rings. The summed E-state index contributed by atoms with van der Waals surface area (Å²) in [7, 11) is 1.43. The van der Waals surface area contributed by atoms with E-state index in [-0.39, 0.29) is 16.5 Å². The minimum atomic E-state index is -0.554. The van der Waals surface area contributed by atoms with E-state index in [0.717, 1.165) is 17.1 Å². The number of methoxy groups -OCH3 is 1. The molecule has 0 atom stereocenters. The average Bonchev–Trinajstić information content (AvgIpc) is 2.26. The van der Waals surface area contributed by atoms with Crippen LogP contribution in [0, 0.1) is 0 Å². The van der Waals surface area contributed by atoms with E-state index in [0.29, 0.717) is 0 Å². The van der Waals surface area contributed by atoms with E-state index in [1.807, 2.05) is 11.3 Å². The summed E-state index contributed by atoms with van der Waals surface area (Å²) < 4.78 is 4.54. The minimum absolute atomic E-state index is 0.108. The number of rotatable bonds is 5. The van der Waals surface area contributed by atoms with Gasteiger partial charge in [0.2, 0.25) is 0 Å². The molecule has 0 saturated heterocycles. The standard InChI is InChI=1S/C11H17NO2S/c1-5-15(6-2)8-9(3)10(7-12)11(13)14-4/h8H,5-6H2,1-4H3/b9-8-. The molecule has 0 aromatic carbocycles. The normalized spacial score (nSPS) is 11.1. The first-order chi connectivity index (χ1) is 7.10. The fourth-order valence-electron chi connectivity index (χ4n) is 1.08. The summed E-state index contributed by atoms with van der Waals surface area (Å²) >= 11 is 0. The van der Waals surface area contributed by atoms with Crippen molar-refractivity contribution in [2.75, 3.05) is 18.6 Å². The number of hydrogen-bond acceptors (Lipinski definition) is 2. The Kier molecular flexibility index (Phi) is 6.84. The molecule has 0 saturated carbocycles. The maximum Gasteiger partial charge on any atom is 0.344 e. The van der Waals surface area contributed by atoms with Crippen molar-refractivity contribution in [3.05, 3.63) is 22.0 Å². The highest BCUT2D eigenvalue weighted by Crippen LogP contribution is 2.12. The van der Waals surface area contributed by atoms with Crippen molar-refractivity contribution in [3.63, 3.8) is 0 Å². The molecule has 0 rings (SSSR count). The summed E-state index contributed by atoms with van der Waals surface area (Å²) in [4.78, 5) is 11.2. The Morgan fingerprint density at radius 2 is 2.00 bits per heavy atom. The number of carbonyl (C=O) groups is 1. The van der Waals surface area contributed by atoms with E-state index in [1.165, 1.54) is 7.11 Å². The van der Waals surface area contributed by atoms with Gasteiger partial charge in [-0.05, 0) is 20.8 Å². The fourth-order valence-corrected chi connectivity index (χ4v) is 2.44. The third-order valence-corrected chi connectivity index (χ3v) is 4.15. The summed E-state index contributed by atoms with van der Waals surface area (Å²) in [6.07, 6.45) is 0. The summed E-state index contributed by atoms with van der Waals surface area (Å²) in [5.74, 6) is 3.40. The molecule has 0 heterocycles. The van der Waals surface area contributed by atoms with Gasteiger partial charge in [-0.2, -0.15) is 0 Å². The Labute approximate surface area is 94.1 Å². The number of nitrogens with zero attached hydrogens (tertiary/aromatic N) is 1. The second-order valence-electron chi connectivity index (χ2n) is 2.89. The van der Waals surface area contributed by atoms with Crippen LogP contribution in [0.4, 0.5) is 0 Å². The first-order valence-electron chi connectivity index (χ1n) is 4.81. The van der Waals surface area contributed by atoms with E-state index in [1.54, 1.807) is 6.92 Å². The molecule has 0 fully saturated rings. The molecule has 0 amide bonds. The van der Waals surface area contributed by atoms with Crippen molar-refractivity contribution in [2.45, 2.75) is 20.8 Å². The van der Waals surface area contributed by atoms with Gasteiger partial charge in [0.25, 0.3) is 0 Å². The van der Waals surface area contributed by atoms with Gasteiger partial charge in [0, 0.05) is 16.5 Å². The number of hydrogen-bond donors (Lipinski definition) is 0. The lowest BCUT2D eigenvalue weighted by Crippen LogP contribution is -2.10. The van der Waals surface area contributed by atoms with Crippen LogP contribution in [-0.4, -0.2) is 30.5 Å². The number of esters is 1. The Morgan fingerprint density at radius 1 is 1.47 bits per heavy atom. The highest BCUT2D eigenvalue weighted by Gasteiger charge is 2.15. The monoisotopic (exact) mass is 227 g/mol. The minimum Gasteiger partial charge on any atom is -0.763 e. The van der Waals surface area contributed by atoms with E-state index >= 15 is 0 Å². The molecule has 4 heteroatoms. The zero-order chi connectivity index (χ0) is 11.8. The molecule has 0 radical (unpaired) electrons. The molecule has 84 valence electrons. The van der Waals surface area contributed by atoms with Crippen LogP contribution in [0.25, 0.3) is 5.41 Å². The second kappa shape index (κ2) is 7.32. The van der Waals surface area contributed by atoms with Crippen molar-refractivity contribution in [2.24, 2.45) is 0 Å². The van der Waals surface area contributed by atoms with Gasteiger partial charge in [0.1, 0.15) is 16.9 Å². The van der Waals surface area contributed by atoms with E-state index in [4.69, 9.17) is 5.41 Å². The zero-order valence-electron chi connectivity index (χ0n) is 9.66.